The predicted octanol–water partition coefficient (Wildman–Crippen LogP) is 0.786. The number of nitrogens with two attached hydrogens (primary N) is 1. The molecular formula is C13H16N2O3S. The Balaban J connectivity index is 2.88. The molecule has 0 radical (unpaired) electrons. The first kappa shape index (κ1) is 15.2. The lowest BCUT2D eigenvalue weighted by Gasteiger charge is -2.08. The predicted molar refractivity (Wildman–Crippen MR) is 73.0 cm³/mol. The lowest BCUT2D eigenvalue weighted by atomic mass is 10.1. The highest BCUT2D eigenvalue weighted by Gasteiger charge is 2.14. The van der Waals surface area contributed by atoms with Gasteiger partial charge in [-0.1, -0.05) is 6.07 Å². The fourth-order valence-electron chi connectivity index (χ4n) is 1.51. The number of nitrogens with one attached hydrogen (secondary N) is 1. The number of terminal acetylenes is 1. The molecule has 0 fully saturated rings. The number of hydrogen-bond acceptors (Lipinski definition) is 3. The molecule has 0 bridgehead atoms. The van der Waals surface area contributed by atoms with Crippen molar-refractivity contribution in [1.29, 1.82) is 0 Å². The van der Waals surface area contributed by atoms with Gasteiger partial charge in [0.25, 0.3) is 5.91 Å². The first-order valence-corrected chi connectivity index (χ1v) is 7.26. The highest BCUT2D eigenvalue weighted by molar-refractivity contribution is 7.89. The van der Waals surface area contributed by atoms with E-state index in [4.69, 9.17) is 11.6 Å². The van der Waals surface area contributed by atoms with Crippen LogP contribution in [0.25, 0.3) is 0 Å². The van der Waals surface area contributed by atoms with E-state index in [0.29, 0.717) is 30.5 Å². The number of aryl methyl sites for hydroxylation is 1. The minimum absolute atomic E-state index is 0.0770. The van der Waals surface area contributed by atoms with Crippen molar-refractivity contribution in [3.05, 3.63) is 29.3 Å². The maximum absolute atomic E-state index is 11.9. The van der Waals surface area contributed by atoms with Crippen LogP contribution in [0.5, 0.6) is 0 Å². The number of carbonyl (C=O) groups excluding carboxylic acids is 1. The second-order valence-corrected chi connectivity index (χ2v) is 5.65. The molecule has 0 heterocycles. The van der Waals surface area contributed by atoms with Gasteiger partial charge in [0.05, 0.1) is 4.90 Å². The molecule has 0 saturated heterocycles. The highest BCUT2D eigenvalue weighted by Crippen LogP contribution is 2.14. The van der Waals surface area contributed by atoms with Crippen LogP contribution in [-0.4, -0.2) is 20.9 Å². The fourth-order valence-corrected chi connectivity index (χ4v) is 2.05. The zero-order valence-electron chi connectivity index (χ0n) is 10.6. The molecule has 6 heteroatoms. The molecule has 0 aliphatic rings. The van der Waals surface area contributed by atoms with Gasteiger partial charge in [-0.2, -0.15) is 0 Å². The Morgan fingerprint density at radius 2 is 2.16 bits per heavy atom. The van der Waals surface area contributed by atoms with E-state index >= 15 is 0 Å². The largest absolute Gasteiger partial charge is 0.352 e. The van der Waals surface area contributed by atoms with Crippen LogP contribution < -0.4 is 10.5 Å². The fraction of sp³-hybridized carbons (Fsp3) is 0.308. The van der Waals surface area contributed by atoms with Gasteiger partial charge in [0, 0.05) is 18.5 Å². The molecule has 19 heavy (non-hydrogen) atoms. The van der Waals surface area contributed by atoms with Crippen molar-refractivity contribution in [3.63, 3.8) is 0 Å². The molecule has 0 atom stereocenters. The van der Waals surface area contributed by atoms with E-state index in [1.807, 2.05) is 0 Å². The van der Waals surface area contributed by atoms with Crippen LogP contribution in [0.2, 0.25) is 0 Å². The Morgan fingerprint density at radius 1 is 1.47 bits per heavy atom. The van der Waals surface area contributed by atoms with Crippen molar-refractivity contribution in [2.24, 2.45) is 5.14 Å². The summed E-state index contributed by atoms with van der Waals surface area (Å²) in [6.07, 6.45) is 6.36. The van der Waals surface area contributed by atoms with Gasteiger partial charge in [-0.25, -0.2) is 13.6 Å². The summed E-state index contributed by atoms with van der Waals surface area (Å²) >= 11 is 0. The number of benzene rings is 1. The summed E-state index contributed by atoms with van der Waals surface area (Å²) in [5, 5.41) is 7.72. The van der Waals surface area contributed by atoms with Gasteiger partial charge in [0.2, 0.25) is 10.0 Å². The van der Waals surface area contributed by atoms with Gasteiger partial charge < -0.3 is 5.32 Å². The Hall–Kier alpha value is -1.84. The highest BCUT2D eigenvalue weighted by atomic mass is 32.2. The van der Waals surface area contributed by atoms with Crippen LogP contribution in [-0.2, 0) is 10.0 Å². The standard InChI is InChI=1S/C13H16N2O3S/c1-3-4-5-8-15-13(16)12-9-11(19(14,17)18)7-6-10(12)2/h1,6-7,9H,4-5,8H2,2H3,(H,15,16)(H2,14,17,18). The van der Waals surface area contributed by atoms with E-state index in [0.717, 1.165) is 0 Å². The zero-order valence-corrected chi connectivity index (χ0v) is 11.5. The first-order valence-electron chi connectivity index (χ1n) is 5.71. The van der Waals surface area contributed by atoms with Crippen LogP contribution in [0.3, 0.4) is 0 Å². The molecule has 1 rings (SSSR count). The third kappa shape index (κ3) is 4.39. The molecule has 0 aromatic heterocycles. The van der Waals surface area contributed by atoms with Gasteiger partial charge in [-0.05, 0) is 31.0 Å². The quantitative estimate of drug-likeness (QED) is 0.617. The van der Waals surface area contributed by atoms with E-state index < -0.39 is 10.0 Å². The minimum atomic E-state index is -3.81. The number of sulfonamides is 1. The van der Waals surface area contributed by atoms with E-state index in [1.54, 1.807) is 13.0 Å². The smallest absolute Gasteiger partial charge is 0.251 e. The summed E-state index contributed by atoms with van der Waals surface area (Å²) in [6.45, 7) is 2.17. The normalized spacial score (nSPS) is 10.8. The molecule has 1 amide bonds. The Labute approximate surface area is 113 Å². The molecule has 0 aliphatic carbocycles. The Kier molecular flexibility index (Phi) is 5.10. The van der Waals surface area contributed by atoms with Crippen LogP contribution in [0.4, 0.5) is 0 Å². The summed E-state index contributed by atoms with van der Waals surface area (Å²) in [5.74, 6) is 2.14. The van der Waals surface area contributed by atoms with Crippen molar-refractivity contribution in [3.8, 4) is 12.3 Å². The molecule has 1 aromatic carbocycles. The van der Waals surface area contributed by atoms with Gasteiger partial charge >= 0.3 is 0 Å². The van der Waals surface area contributed by atoms with Crippen LogP contribution in [0.15, 0.2) is 23.1 Å². The lowest BCUT2D eigenvalue weighted by molar-refractivity contribution is 0.0952. The van der Waals surface area contributed by atoms with E-state index in [-0.39, 0.29) is 10.8 Å². The van der Waals surface area contributed by atoms with Crippen LogP contribution in [0, 0.1) is 19.3 Å². The topological polar surface area (TPSA) is 89.3 Å². The molecule has 0 saturated carbocycles. The molecular weight excluding hydrogens is 264 g/mol. The molecule has 0 aliphatic heterocycles. The maximum atomic E-state index is 11.9. The van der Waals surface area contributed by atoms with Gasteiger partial charge in [0.15, 0.2) is 0 Å². The van der Waals surface area contributed by atoms with Crippen molar-refractivity contribution in [2.45, 2.75) is 24.7 Å². The first-order chi connectivity index (χ1) is 8.86. The van der Waals surface area contributed by atoms with Gasteiger partial charge in [0.1, 0.15) is 0 Å². The average Bonchev–Trinajstić information content (AvgIpc) is 2.33. The summed E-state index contributed by atoms with van der Waals surface area (Å²) in [7, 11) is -3.81. The molecule has 3 N–H and O–H groups in total. The number of rotatable bonds is 5. The van der Waals surface area contributed by atoms with E-state index in [2.05, 4.69) is 11.2 Å². The molecule has 102 valence electrons. The molecule has 5 nitrogen and oxygen atoms in total. The molecule has 0 spiro atoms. The van der Waals surface area contributed by atoms with Crippen molar-refractivity contribution < 1.29 is 13.2 Å². The summed E-state index contributed by atoms with van der Waals surface area (Å²) in [6, 6.07) is 4.21. The van der Waals surface area contributed by atoms with Crippen LogP contribution >= 0.6 is 0 Å². The second kappa shape index (κ2) is 6.36. The lowest BCUT2D eigenvalue weighted by Crippen LogP contribution is -2.25. The third-order valence-electron chi connectivity index (χ3n) is 2.57. The van der Waals surface area contributed by atoms with E-state index in [1.165, 1.54) is 12.1 Å². The average molecular weight is 280 g/mol. The third-order valence-corrected chi connectivity index (χ3v) is 3.48. The van der Waals surface area contributed by atoms with E-state index in [9.17, 15) is 13.2 Å². The number of amides is 1. The Morgan fingerprint density at radius 3 is 2.74 bits per heavy atom. The number of carbonyl (C=O) groups is 1. The Bertz CT molecular complexity index is 615. The summed E-state index contributed by atoms with van der Waals surface area (Å²) in [5.41, 5.74) is 0.981. The number of hydrogen-bond donors (Lipinski definition) is 2. The zero-order chi connectivity index (χ0) is 14.5. The summed E-state index contributed by atoms with van der Waals surface area (Å²) < 4.78 is 22.5. The second-order valence-electron chi connectivity index (χ2n) is 4.09. The number of unbranched alkanes of at least 4 members (excludes halogenated alkanes) is 1. The maximum Gasteiger partial charge on any atom is 0.251 e. The number of primary sulfonamides is 1. The van der Waals surface area contributed by atoms with Crippen LogP contribution in [0.1, 0.15) is 28.8 Å². The molecule has 0 unspecified atom stereocenters. The summed E-state index contributed by atoms with van der Waals surface area (Å²) in [4.78, 5) is 11.8. The van der Waals surface area contributed by atoms with Gasteiger partial charge in [-0.15, -0.1) is 12.3 Å². The van der Waals surface area contributed by atoms with Crippen molar-refractivity contribution in [1.82, 2.24) is 5.32 Å². The monoisotopic (exact) mass is 280 g/mol. The molecule has 1 aromatic rings. The minimum Gasteiger partial charge on any atom is -0.352 e. The SMILES string of the molecule is C#CCCCNC(=O)c1cc(S(N)(=O)=O)ccc1C. The van der Waals surface area contributed by atoms with Gasteiger partial charge in [-0.3, -0.25) is 4.79 Å². The van der Waals surface area contributed by atoms with Crippen molar-refractivity contribution >= 4 is 15.9 Å². The van der Waals surface area contributed by atoms with Crippen molar-refractivity contribution in [2.75, 3.05) is 6.54 Å².